The fourth-order valence-electron chi connectivity index (χ4n) is 1.39. The number of hydrogen-bond acceptors (Lipinski definition) is 5. The van der Waals surface area contributed by atoms with E-state index in [4.69, 9.17) is 5.73 Å². The molecule has 84 valence electrons. The molecule has 0 atom stereocenters. The average Bonchev–Trinajstić information content (AvgIpc) is 2.68. The van der Waals surface area contributed by atoms with E-state index < -0.39 is 0 Å². The second kappa shape index (κ2) is 4.71. The highest BCUT2D eigenvalue weighted by atomic mass is 15.6. The van der Waals surface area contributed by atoms with Crippen LogP contribution in [0.15, 0.2) is 24.3 Å². The number of nitrogens with one attached hydrogen (secondary N) is 1. The molecular weight excluding hydrogens is 204 g/mol. The van der Waals surface area contributed by atoms with E-state index in [1.54, 1.807) is 11.7 Å². The predicted octanol–water partition coefficient (Wildman–Crippen LogP) is 0.455. The molecule has 0 fully saturated rings. The number of aromatic nitrogens is 4. The van der Waals surface area contributed by atoms with Crippen LogP contribution in [0, 0.1) is 0 Å². The van der Waals surface area contributed by atoms with E-state index in [-0.39, 0.29) is 0 Å². The Bertz CT molecular complexity index is 447. The summed E-state index contributed by atoms with van der Waals surface area (Å²) < 4.78 is 1.58. The van der Waals surface area contributed by atoms with Crippen molar-refractivity contribution in [3.63, 3.8) is 0 Å². The number of hydrogen-bond donors (Lipinski definition) is 2. The second-order valence-corrected chi connectivity index (χ2v) is 3.49. The van der Waals surface area contributed by atoms with Crippen LogP contribution < -0.4 is 11.1 Å². The van der Waals surface area contributed by atoms with E-state index in [9.17, 15) is 0 Å². The van der Waals surface area contributed by atoms with Crippen LogP contribution in [0.5, 0.6) is 0 Å². The molecule has 1 heterocycles. The molecule has 6 heteroatoms. The Kier molecular flexibility index (Phi) is 3.11. The van der Waals surface area contributed by atoms with Crippen molar-refractivity contribution in [3.8, 4) is 0 Å². The number of nitrogens with zero attached hydrogens (tertiary/aromatic N) is 4. The number of aryl methyl sites for hydroxylation is 1. The van der Waals surface area contributed by atoms with E-state index in [1.807, 2.05) is 24.3 Å². The van der Waals surface area contributed by atoms with Gasteiger partial charge in [0.25, 0.3) is 0 Å². The molecule has 1 aromatic carbocycles. The first-order chi connectivity index (χ1) is 7.79. The predicted molar refractivity (Wildman–Crippen MR) is 61.3 cm³/mol. The van der Waals surface area contributed by atoms with Gasteiger partial charge < -0.3 is 11.1 Å². The highest BCUT2D eigenvalue weighted by molar-refractivity contribution is 5.53. The number of benzene rings is 1. The molecule has 16 heavy (non-hydrogen) atoms. The molecule has 0 saturated carbocycles. The van der Waals surface area contributed by atoms with Gasteiger partial charge in [-0.25, -0.2) is 4.68 Å². The van der Waals surface area contributed by atoms with Gasteiger partial charge in [0.15, 0.2) is 0 Å². The minimum Gasteiger partial charge on any atom is -0.330 e. The van der Waals surface area contributed by atoms with Crippen LogP contribution in [0.25, 0.3) is 0 Å². The summed E-state index contributed by atoms with van der Waals surface area (Å²) in [5.41, 5.74) is 7.67. The quantitative estimate of drug-likeness (QED) is 0.779. The zero-order valence-corrected chi connectivity index (χ0v) is 9.09. The van der Waals surface area contributed by atoms with Crippen molar-refractivity contribution >= 4 is 11.6 Å². The highest BCUT2D eigenvalue weighted by Crippen LogP contribution is 2.13. The van der Waals surface area contributed by atoms with Crippen molar-refractivity contribution < 1.29 is 0 Å². The molecule has 0 aliphatic carbocycles. The van der Waals surface area contributed by atoms with Crippen molar-refractivity contribution in [1.82, 2.24) is 20.2 Å². The van der Waals surface area contributed by atoms with Crippen molar-refractivity contribution in [2.24, 2.45) is 12.8 Å². The average molecular weight is 218 g/mol. The van der Waals surface area contributed by atoms with Crippen LogP contribution in [0.1, 0.15) is 5.56 Å². The van der Waals surface area contributed by atoms with E-state index in [0.717, 1.165) is 12.1 Å². The van der Waals surface area contributed by atoms with Crippen LogP contribution in [-0.4, -0.2) is 26.8 Å². The summed E-state index contributed by atoms with van der Waals surface area (Å²) in [6.45, 7) is 0.667. The van der Waals surface area contributed by atoms with E-state index in [2.05, 4.69) is 20.8 Å². The molecular formula is C10H14N6. The zero-order chi connectivity index (χ0) is 11.4. The molecule has 0 amide bonds. The molecule has 6 nitrogen and oxygen atoms in total. The Morgan fingerprint density at radius 2 is 2.06 bits per heavy atom. The first-order valence-corrected chi connectivity index (χ1v) is 5.08. The summed E-state index contributed by atoms with van der Waals surface area (Å²) in [4.78, 5) is 0. The first-order valence-electron chi connectivity index (χ1n) is 5.08. The first kappa shape index (κ1) is 10.6. The monoisotopic (exact) mass is 218 g/mol. The lowest BCUT2D eigenvalue weighted by Crippen LogP contribution is -2.03. The number of nitrogens with two attached hydrogens (primary N) is 1. The highest BCUT2D eigenvalue weighted by Gasteiger charge is 2.01. The molecule has 0 unspecified atom stereocenters. The summed E-state index contributed by atoms with van der Waals surface area (Å²) >= 11 is 0. The zero-order valence-electron chi connectivity index (χ0n) is 9.09. The third kappa shape index (κ3) is 2.34. The molecule has 2 aromatic rings. The summed E-state index contributed by atoms with van der Waals surface area (Å²) in [7, 11) is 1.78. The Hall–Kier alpha value is -1.95. The Morgan fingerprint density at radius 1 is 1.31 bits per heavy atom. The maximum absolute atomic E-state index is 5.48. The normalized spacial score (nSPS) is 10.4. The SMILES string of the molecule is Cn1nnnc1Nc1ccc(CCN)cc1. The topological polar surface area (TPSA) is 81.7 Å². The summed E-state index contributed by atoms with van der Waals surface area (Å²) in [5.74, 6) is 0.617. The maximum atomic E-state index is 5.48. The molecule has 0 saturated heterocycles. The fourth-order valence-corrected chi connectivity index (χ4v) is 1.39. The Labute approximate surface area is 93.5 Å². The summed E-state index contributed by atoms with van der Waals surface area (Å²) in [5, 5.41) is 14.2. The minimum atomic E-state index is 0.617. The summed E-state index contributed by atoms with van der Waals surface area (Å²) in [6.07, 6.45) is 0.895. The lowest BCUT2D eigenvalue weighted by atomic mass is 10.1. The molecule has 1 aromatic heterocycles. The van der Waals surface area contributed by atoms with Gasteiger partial charge >= 0.3 is 0 Å². The van der Waals surface area contributed by atoms with Gasteiger partial charge in [-0.15, -0.1) is 0 Å². The van der Waals surface area contributed by atoms with E-state index in [0.29, 0.717) is 12.5 Å². The van der Waals surface area contributed by atoms with Crippen molar-refractivity contribution in [2.45, 2.75) is 6.42 Å². The lowest BCUT2D eigenvalue weighted by molar-refractivity contribution is 0.715. The van der Waals surface area contributed by atoms with Crippen LogP contribution >= 0.6 is 0 Å². The lowest BCUT2D eigenvalue weighted by Gasteiger charge is -2.04. The van der Waals surface area contributed by atoms with Gasteiger partial charge in [-0.1, -0.05) is 17.2 Å². The van der Waals surface area contributed by atoms with E-state index >= 15 is 0 Å². The Morgan fingerprint density at radius 3 is 2.62 bits per heavy atom. The number of tetrazole rings is 1. The van der Waals surface area contributed by atoms with Gasteiger partial charge in [-0.05, 0) is 41.1 Å². The third-order valence-electron chi connectivity index (χ3n) is 2.26. The second-order valence-electron chi connectivity index (χ2n) is 3.49. The summed E-state index contributed by atoms with van der Waals surface area (Å²) in [6, 6.07) is 8.05. The van der Waals surface area contributed by atoms with Crippen LogP contribution in [0.4, 0.5) is 11.6 Å². The molecule has 2 rings (SSSR count). The standard InChI is InChI=1S/C10H14N6/c1-16-10(13-14-15-16)12-9-4-2-8(3-5-9)6-7-11/h2-5H,6-7,11H2,1H3,(H,12,13,15). The number of rotatable bonds is 4. The maximum Gasteiger partial charge on any atom is 0.247 e. The molecule has 0 aliphatic rings. The minimum absolute atomic E-state index is 0.617. The smallest absolute Gasteiger partial charge is 0.247 e. The van der Waals surface area contributed by atoms with Crippen LogP contribution in [-0.2, 0) is 13.5 Å². The van der Waals surface area contributed by atoms with Gasteiger partial charge in [0.05, 0.1) is 0 Å². The molecule has 3 N–H and O–H groups in total. The molecule has 0 aliphatic heterocycles. The largest absolute Gasteiger partial charge is 0.330 e. The van der Waals surface area contributed by atoms with Crippen LogP contribution in [0.2, 0.25) is 0 Å². The van der Waals surface area contributed by atoms with Gasteiger partial charge in [-0.3, -0.25) is 0 Å². The fraction of sp³-hybridized carbons (Fsp3) is 0.300. The van der Waals surface area contributed by atoms with Crippen molar-refractivity contribution in [1.29, 1.82) is 0 Å². The van der Waals surface area contributed by atoms with Crippen LogP contribution in [0.3, 0.4) is 0 Å². The third-order valence-corrected chi connectivity index (χ3v) is 2.26. The molecule has 0 radical (unpaired) electrons. The van der Waals surface area contributed by atoms with Gasteiger partial charge in [-0.2, -0.15) is 0 Å². The van der Waals surface area contributed by atoms with Crippen molar-refractivity contribution in [3.05, 3.63) is 29.8 Å². The van der Waals surface area contributed by atoms with Gasteiger partial charge in [0, 0.05) is 12.7 Å². The van der Waals surface area contributed by atoms with Gasteiger partial charge in [0.2, 0.25) is 5.95 Å². The Balaban J connectivity index is 2.08. The molecule has 0 bridgehead atoms. The van der Waals surface area contributed by atoms with Crippen molar-refractivity contribution in [2.75, 3.05) is 11.9 Å². The number of anilines is 2. The molecule has 0 spiro atoms. The van der Waals surface area contributed by atoms with E-state index in [1.165, 1.54) is 5.56 Å². The van der Waals surface area contributed by atoms with Gasteiger partial charge in [0.1, 0.15) is 0 Å².